The van der Waals surface area contributed by atoms with E-state index < -0.39 is 18.1 Å². The molecule has 1 fully saturated rings. The Morgan fingerprint density at radius 3 is 2.53 bits per heavy atom. The van der Waals surface area contributed by atoms with Gasteiger partial charge in [0.25, 0.3) is 0 Å². The average molecular weight is 272 g/mol. The second kappa shape index (κ2) is 6.34. The van der Waals surface area contributed by atoms with Crippen molar-refractivity contribution in [3.05, 3.63) is 0 Å². The van der Waals surface area contributed by atoms with E-state index in [1.165, 1.54) is 4.90 Å². The van der Waals surface area contributed by atoms with Crippen LogP contribution in [-0.4, -0.2) is 52.2 Å². The SMILES string of the molecule is CC(C)(CCN)CCC(=O)N1CC(O)C[C@H]1C(=O)O. The third kappa shape index (κ3) is 4.47. The highest BCUT2D eigenvalue weighted by molar-refractivity contribution is 5.84. The summed E-state index contributed by atoms with van der Waals surface area (Å²) in [6, 6.07) is -0.889. The van der Waals surface area contributed by atoms with Gasteiger partial charge in [-0.05, 0) is 24.8 Å². The van der Waals surface area contributed by atoms with E-state index in [9.17, 15) is 14.7 Å². The van der Waals surface area contributed by atoms with Crippen LogP contribution in [0.15, 0.2) is 0 Å². The van der Waals surface area contributed by atoms with Crippen LogP contribution in [0.5, 0.6) is 0 Å². The fraction of sp³-hybridized carbons (Fsp3) is 0.846. The molecule has 0 saturated carbocycles. The van der Waals surface area contributed by atoms with Crippen molar-refractivity contribution in [1.29, 1.82) is 0 Å². The fourth-order valence-electron chi connectivity index (χ4n) is 2.43. The topological polar surface area (TPSA) is 104 Å². The highest BCUT2D eigenvalue weighted by atomic mass is 16.4. The Labute approximate surface area is 113 Å². The smallest absolute Gasteiger partial charge is 0.326 e. The van der Waals surface area contributed by atoms with Crippen molar-refractivity contribution in [3.63, 3.8) is 0 Å². The molecule has 0 radical (unpaired) electrons. The van der Waals surface area contributed by atoms with Gasteiger partial charge in [0.05, 0.1) is 6.10 Å². The Morgan fingerprint density at radius 1 is 1.37 bits per heavy atom. The van der Waals surface area contributed by atoms with Gasteiger partial charge in [0.2, 0.25) is 5.91 Å². The number of hydrogen-bond acceptors (Lipinski definition) is 4. The minimum Gasteiger partial charge on any atom is -0.480 e. The molecule has 1 unspecified atom stereocenters. The molecule has 1 aliphatic rings. The van der Waals surface area contributed by atoms with Crippen molar-refractivity contribution < 1.29 is 19.8 Å². The van der Waals surface area contributed by atoms with Crippen molar-refractivity contribution >= 4 is 11.9 Å². The molecular weight excluding hydrogens is 248 g/mol. The van der Waals surface area contributed by atoms with E-state index in [1.54, 1.807) is 0 Å². The molecule has 4 N–H and O–H groups in total. The number of carbonyl (C=O) groups is 2. The molecule has 0 aromatic rings. The van der Waals surface area contributed by atoms with Gasteiger partial charge in [-0.1, -0.05) is 13.8 Å². The van der Waals surface area contributed by atoms with E-state index in [0.29, 0.717) is 19.4 Å². The summed E-state index contributed by atoms with van der Waals surface area (Å²) in [7, 11) is 0. The second-order valence-electron chi connectivity index (χ2n) is 5.99. The van der Waals surface area contributed by atoms with Crippen LogP contribution in [0.3, 0.4) is 0 Å². The normalized spacial score (nSPS) is 23.7. The lowest BCUT2D eigenvalue weighted by Gasteiger charge is -2.26. The minimum atomic E-state index is -1.05. The molecule has 0 aliphatic carbocycles. The Morgan fingerprint density at radius 2 is 2.00 bits per heavy atom. The van der Waals surface area contributed by atoms with E-state index in [2.05, 4.69) is 0 Å². The van der Waals surface area contributed by atoms with Crippen LogP contribution in [0.2, 0.25) is 0 Å². The Kier molecular flexibility index (Phi) is 5.31. The number of β-amino-alcohol motifs (C(OH)–C–C–N with tert-alkyl or cyclic N) is 1. The van der Waals surface area contributed by atoms with Crippen LogP contribution in [0.4, 0.5) is 0 Å². The molecular formula is C13H24N2O4. The van der Waals surface area contributed by atoms with Crippen LogP contribution in [0.25, 0.3) is 0 Å². The van der Waals surface area contributed by atoms with Crippen LogP contribution in [0, 0.1) is 5.41 Å². The van der Waals surface area contributed by atoms with Gasteiger partial charge in [0.1, 0.15) is 6.04 Å². The summed E-state index contributed by atoms with van der Waals surface area (Å²) in [6.07, 6.45) is 1.17. The molecule has 2 atom stereocenters. The lowest BCUT2D eigenvalue weighted by Crippen LogP contribution is -2.40. The maximum atomic E-state index is 12.1. The van der Waals surface area contributed by atoms with Gasteiger partial charge < -0.3 is 20.8 Å². The van der Waals surface area contributed by atoms with Gasteiger partial charge in [0.15, 0.2) is 0 Å². The Bertz CT molecular complexity index is 344. The summed E-state index contributed by atoms with van der Waals surface area (Å²) < 4.78 is 0. The van der Waals surface area contributed by atoms with E-state index in [-0.39, 0.29) is 24.3 Å². The highest BCUT2D eigenvalue weighted by Crippen LogP contribution is 2.27. The monoisotopic (exact) mass is 272 g/mol. The highest BCUT2D eigenvalue weighted by Gasteiger charge is 2.38. The van der Waals surface area contributed by atoms with Crippen LogP contribution < -0.4 is 5.73 Å². The first-order valence-corrected chi connectivity index (χ1v) is 6.67. The van der Waals surface area contributed by atoms with Crippen molar-refractivity contribution in [2.24, 2.45) is 11.1 Å². The average Bonchev–Trinajstić information content (AvgIpc) is 2.68. The number of aliphatic carboxylic acids is 1. The van der Waals surface area contributed by atoms with Gasteiger partial charge in [0, 0.05) is 19.4 Å². The number of aliphatic hydroxyl groups is 1. The quantitative estimate of drug-likeness (QED) is 0.640. The van der Waals surface area contributed by atoms with Crippen LogP contribution >= 0.6 is 0 Å². The molecule has 19 heavy (non-hydrogen) atoms. The molecule has 0 aromatic heterocycles. The first-order valence-electron chi connectivity index (χ1n) is 6.67. The molecule has 6 nitrogen and oxygen atoms in total. The largest absolute Gasteiger partial charge is 0.480 e. The van der Waals surface area contributed by atoms with Gasteiger partial charge in [-0.25, -0.2) is 4.79 Å². The van der Waals surface area contributed by atoms with E-state index in [0.717, 1.165) is 6.42 Å². The van der Waals surface area contributed by atoms with E-state index in [1.807, 2.05) is 13.8 Å². The zero-order chi connectivity index (χ0) is 14.6. The predicted octanol–water partition coefficient (Wildman–Crippen LogP) is 0.188. The molecule has 6 heteroatoms. The second-order valence-corrected chi connectivity index (χ2v) is 5.99. The Hall–Kier alpha value is -1.14. The maximum Gasteiger partial charge on any atom is 0.326 e. The van der Waals surface area contributed by atoms with Crippen LogP contribution in [0.1, 0.15) is 39.5 Å². The molecule has 0 bridgehead atoms. The van der Waals surface area contributed by atoms with Crippen molar-refractivity contribution in [3.8, 4) is 0 Å². The number of amides is 1. The first kappa shape index (κ1) is 15.9. The Balaban J connectivity index is 2.55. The van der Waals surface area contributed by atoms with Gasteiger partial charge in [-0.2, -0.15) is 0 Å². The summed E-state index contributed by atoms with van der Waals surface area (Å²) in [6.45, 7) is 4.77. The third-order valence-electron chi connectivity index (χ3n) is 3.72. The standard InChI is InChI=1S/C13H24N2O4/c1-13(2,5-6-14)4-3-11(17)15-8-9(16)7-10(15)12(18)19/h9-10,16H,3-8,14H2,1-2H3,(H,18,19)/t9?,10-/m0/s1. The molecule has 110 valence electrons. The zero-order valence-electron chi connectivity index (χ0n) is 11.6. The molecule has 0 aromatic carbocycles. The van der Waals surface area contributed by atoms with E-state index >= 15 is 0 Å². The minimum absolute atomic E-state index is 0.0263. The summed E-state index contributed by atoms with van der Waals surface area (Å²) in [5, 5.41) is 18.5. The number of nitrogens with zero attached hydrogens (tertiary/aromatic N) is 1. The molecule has 1 heterocycles. The fourth-order valence-corrected chi connectivity index (χ4v) is 2.43. The summed E-state index contributed by atoms with van der Waals surface area (Å²) in [4.78, 5) is 24.4. The number of carboxylic acids is 1. The number of carboxylic acid groups (broad SMARTS) is 1. The number of hydrogen-bond donors (Lipinski definition) is 3. The molecule has 1 amide bonds. The van der Waals surface area contributed by atoms with Gasteiger partial charge in [-0.15, -0.1) is 0 Å². The number of aliphatic hydroxyl groups excluding tert-OH is 1. The number of carbonyl (C=O) groups excluding carboxylic acids is 1. The molecule has 0 spiro atoms. The van der Waals surface area contributed by atoms with E-state index in [4.69, 9.17) is 10.8 Å². The molecule has 1 rings (SSSR count). The predicted molar refractivity (Wildman–Crippen MR) is 70.4 cm³/mol. The lowest BCUT2D eigenvalue weighted by atomic mass is 9.84. The zero-order valence-corrected chi connectivity index (χ0v) is 11.6. The summed E-state index contributed by atoms with van der Waals surface area (Å²) in [5.41, 5.74) is 5.49. The van der Waals surface area contributed by atoms with Crippen molar-refractivity contribution in [2.45, 2.75) is 51.7 Å². The van der Waals surface area contributed by atoms with Crippen LogP contribution in [-0.2, 0) is 9.59 Å². The molecule has 1 aliphatic heterocycles. The maximum absolute atomic E-state index is 12.1. The first-order chi connectivity index (χ1) is 8.76. The number of rotatable bonds is 6. The number of nitrogens with two attached hydrogens (primary N) is 1. The van der Waals surface area contributed by atoms with Crippen molar-refractivity contribution in [2.75, 3.05) is 13.1 Å². The lowest BCUT2D eigenvalue weighted by molar-refractivity contribution is -0.148. The summed E-state index contributed by atoms with van der Waals surface area (Å²) >= 11 is 0. The molecule has 1 saturated heterocycles. The third-order valence-corrected chi connectivity index (χ3v) is 3.72. The summed E-state index contributed by atoms with van der Waals surface area (Å²) in [5.74, 6) is -1.25. The van der Waals surface area contributed by atoms with Gasteiger partial charge in [-0.3, -0.25) is 4.79 Å². The van der Waals surface area contributed by atoms with Crippen molar-refractivity contribution in [1.82, 2.24) is 4.90 Å². The number of likely N-dealkylation sites (tertiary alicyclic amines) is 1. The van der Waals surface area contributed by atoms with Gasteiger partial charge >= 0.3 is 5.97 Å².